The van der Waals surface area contributed by atoms with Crippen LogP contribution < -0.4 is 10.6 Å². The molecule has 2 heterocycles. The molecule has 3 N–H and O–H groups in total. The van der Waals surface area contributed by atoms with Crippen LogP contribution in [0.4, 0.5) is 0 Å². The van der Waals surface area contributed by atoms with Gasteiger partial charge in [-0.1, -0.05) is 54.6 Å². The number of rotatable bonds is 7. The fraction of sp³-hybridized carbons (Fsp3) is 0.333. The molecule has 8 heteroatoms. The summed E-state index contributed by atoms with van der Waals surface area (Å²) in [5.41, 5.74) is 4.75. The van der Waals surface area contributed by atoms with E-state index in [2.05, 4.69) is 66.9 Å². The fourth-order valence-electron chi connectivity index (χ4n) is 3.67. The van der Waals surface area contributed by atoms with Crippen molar-refractivity contribution in [3.63, 3.8) is 0 Å². The van der Waals surface area contributed by atoms with Crippen molar-refractivity contribution in [1.29, 1.82) is 0 Å². The van der Waals surface area contributed by atoms with Crippen LogP contribution in [-0.4, -0.2) is 54.2 Å². The standard InChI is InChI=1S/C24H30N6O.HI/c1-25-24(28-17-23-26-16-22(29-23)19-7-3-2-4-8-19)27-15-20-9-5-6-10-21(20)18-30-11-13-31-14-12-30;/h2-10,16H,11-15,17-18H2,1H3,(H,26,29)(H2,25,27,28);1H. The smallest absolute Gasteiger partial charge is 0.191 e. The molecule has 0 amide bonds. The summed E-state index contributed by atoms with van der Waals surface area (Å²) in [5.74, 6) is 1.62. The van der Waals surface area contributed by atoms with Crippen LogP contribution in [0.25, 0.3) is 11.3 Å². The van der Waals surface area contributed by atoms with Crippen LogP contribution in [0.2, 0.25) is 0 Å². The Kier molecular flexibility index (Phi) is 9.51. The molecule has 0 saturated carbocycles. The lowest BCUT2D eigenvalue weighted by Crippen LogP contribution is -2.37. The number of hydrogen-bond acceptors (Lipinski definition) is 4. The average molecular weight is 546 g/mol. The summed E-state index contributed by atoms with van der Waals surface area (Å²) in [6, 6.07) is 18.8. The molecule has 1 fully saturated rings. The number of H-pyrrole nitrogens is 1. The first-order valence-electron chi connectivity index (χ1n) is 10.7. The van der Waals surface area contributed by atoms with Crippen LogP contribution in [-0.2, 0) is 24.4 Å². The molecule has 0 radical (unpaired) electrons. The molecule has 0 bridgehead atoms. The van der Waals surface area contributed by atoms with Gasteiger partial charge < -0.3 is 20.4 Å². The van der Waals surface area contributed by atoms with E-state index in [9.17, 15) is 0 Å². The summed E-state index contributed by atoms with van der Waals surface area (Å²) in [6.45, 7) is 5.83. The summed E-state index contributed by atoms with van der Waals surface area (Å²) in [6.07, 6.45) is 1.87. The van der Waals surface area contributed by atoms with Crippen LogP contribution >= 0.6 is 24.0 Å². The van der Waals surface area contributed by atoms with E-state index in [4.69, 9.17) is 4.74 Å². The first-order valence-corrected chi connectivity index (χ1v) is 10.7. The molecule has 1 saturated heterocycles. The molecular weight excluding hydrogens is 515 g/mol. The Morgan fingerprint density at radius 2 is 1.69 bits per heavy atom. The monoisotopic (exact) mass is 546 g/mol. The maximum atomic E-state index is 5.47. The fourth-order valence-corrected chi connectivity index (χ4v) is 3.67. The molecule has 0 atom stereocenters. The minimum atomic E-state index is 0. The second-order valence-corrected chi connectivity index (χ2v) is 7.55. The van der Waals surface area contributed by atoms with Gasteiger partial charge in [0.15, 0.2) is 5.96 Å². The predicted octanol–water partition coefficient (Wildman–Crippen LogP) is 3.39. The highest BCUT2D eigenvalue weighted by Crippen LogP contribution is 2.16. The molecule has 1 aliphatic rings. The van der Waals surface area contributed by atoms with Gasteiger partial charge in [0.1, 0.15) is 5.82 Å². The number of nitrogens with one attached hydrogen (secondary N) is 3. The number of aromatic amines is 1. The van der Waals surface area contributed by atoms with Crippen molar-refractivity contribution in [3.8, 4) is 11.3 Å². The van der Waals surface area contributed by atoms with Crippen molar-refractivity contribution in [2.24, 2.45) is 4.99 Å². The quantitative estimate of drug-likeness (QED) is 0.241. The van der Waals surface area contributed by atoms with Gasteiger partial charge in [-0.05, 0) is 16.7 Å². The molecule has 0 aliphatic carbocycles. The van der Waals surface area contributed by atoms with Crippen LogP contribution in [0.3, 0.4) is 0 Å². The number of hydrogen-bond donors (Lipinski definition) is 3. The molecule has 0 unspecified atom stereocenters. The highest BCUT2D eigenvalue weighted by atomic mass is 127. The predicted molar refractivity (Wildman–Crippen MR) is 139 cm³/mol. The summed E-state index contributed by atoms with van der Waals surface area (Å²) in [7, 11) is 1.78. The molecule has 1 aliphatic heterocycles. The van der Waals surface area contributed by atoms with Gasteiger partial charge in [-0.3, -0.25) is 9.89 Å². The second-order valence-electron chi connectivity index (χ2n) is 7.55. The number of aromatic nitrogens is 2. The Bertz CT molecular complexity index is 985. The Labute approximate surface area is 206 Å². The average Bonchev–Trinajstić information content (AvgIpc) is 3.30. The molecule has 170 valence electrons. The first-order chi connectivity index (χ1) is 15.3. The Hall–Kier alpha value is -2.43. The van der Waals surface area contributed by atoms with Gasteiger partial charge in [-0.25, -0.2) is 4.98 Å². The molecule has 4 rings (SSSR count). The summed E-state index contributed by atoms with van der Waals surface area (Å²) < 4.78 is 5.47. The number of guanidine groups is 1. The van der Waals surface area contributed by atoms with E-state index in [1.807, 2.05) is 24.4 Å². The van der Waals surface area contributed by atoms with Crippen molar-refractivity contribution < 1.29 is 4.74 Å². The number of benzene rings is 2. The zero-order chi connectivity index (χ0) is 21.3. The van der Waals surface area contributed by atoms with Gasteiger partial charge >= 0.3 is 0 Å². The molecule has 2 aromatic carbocycles. The third-order valence-electron chi connectivity index (χ3n) is 5.42. The molecule has 1 aromatic heterocycles. The topological polar surface area (TPSA) is 77.6 Å². The minimum absolute atomic E-state index is 0. The summed E-state index contributed by atoms with van der Waals surface area (Å²) in [5, 5.41) is 6.77. The number of halogens is 1. The van der Waals surface area contributed by atoms with Gasteiger partial charge in [0.2, 0.25) is 0 Å². The van der Waals surface area contributed by atoms with Gasteiger partial charge in [0.25, 0.3) is 0 Å². The lowest BCUT2D eigenvalue weighted by atomic mass is 10.1. The van der Waals surface area contributed by atoms with E-state index in [0.717, 1.165) is 55.9 Å². The number of ether oxygens (including phenoxy) is 1. The Morgan fingerprint density at radius 3 is 2.44 bits per heavy atom. The van der Waals surface area contributed by atoms with Gasteiger partial charge in [0, 0.05) is 33.2 Å². The minimum Gasteiger partial charge on any atom is -0.379 e. The summed E-state index contributed by atoms with van der Waals surface area (Å²) >= 11 is 0. The van der Waals surface area contributed by atoms with E-state index in [-0.39, 0.29) is 24.0 Å². The number of aliphatic imine (C=N–C) groups is 1. The van der Waals surface area contributed by atoms with Crippen molar-refractivity contribution in [2.45, 2.75) is 19.6 Å². The van der Waals surface area contributed by atoms with Crippen LogP contribution in [0, 0.1) is 0 Å². The molecular formula is C24H31IN6O. The van der Waals surface area contributed by atoms with Crippen molar-refractivity contribution in [3.05, 3.63) is 77.7 Å². The maximum Gasteiger partial charge on any atom is 0.191 e. The largest absolute Gasteiger partial charge is 0.379 e. The van der Waals surface area contributed by atoms with E-state index >= 15 is 0 Å². The third kappa shape index (κ3) is 6.78. The highest BCUT2D eigenvalue weighted by molar-refractivity contribution is 14.0. The SMILES string of the molecule is CN=C(NCc1ncc(-c2ccccc2)[nH]1)NCc1ccccc1CN1CCOCC1.I. The highest BCUT2D eigenvalue weighted by Gasteiger charge is 2.13. The van der Waals surface area contributed by atoms with Gasteiger partial charge in [-0.15, -0.1) is 24.0 Å². The lowest BCUT2D eigenvalue weighted by Gasteiger charge is -2.27. The van der Waals surface area contributed by atoms with E-state index in [1.165, 1.54) is 11.1 Å². The lowest BCUT2D eigenvalue weighted by molar-refractivity contribution is 0.0341. The Morgan fingerprint density at radius 1 is 1.00 bits per heavy atom. The van der Waals surface area contributed by atoms with E-state index in [1.54, 1.807) is 7.05 Å². The number of morpholine rings is 1. The summed E-state index contributed by atoms with van der Waals surface area (Å²) in [4.78, 5) is 14.6. The van der Waals surface area contributed by atoms with E-state index < -0.39 is 0 Å². The molecule has 7 nitrogen and oxygen atoms in total. The maximum absolute atomic E-state index is 5.47. The molecule has 32 heavy (non-hydrogen) atoms. The van der Waals surface area contributed by atoms with Gasteiger partial charge in [0.05, 0.1) is 31.6 Å². The zero-order valence-corrected chi connectivity index (χ0v) is 20.7. The third-order valence-corrected chi connectivity index (χ3v) is 5.42. The zero-order valence-electron chi connectivity index (χ0n) is 18.4. The van der Waals surface area contributed by atoms with Crippen molar-refractivity contribution in [2.75, 3.05) is 33.4 Å². The molecule has 3 aromatic rings. The van der Waals surface area contributed by atoms with Crippen LogP contribution in [0.1, 0.15) is 17.0 Å². The van der Waals surface area contributed by atoms with Crippen LogP contribution in [0.15, 0.2) is 65.8 Å². The van der Waals surface area contributed by atoms with Crippen LogP contribution in [0.5, 0.6) is 0 Å². The first kappa shape index (κ1) is 24.2. The second kappa shape index (κ2) is 12.6. The number of imidazole rings is 1. The van der Waals surface area contributed by atoms with Crippen molar-refractivity contribution in [1.82, 2.24) is 25.5 Å². The number of nitrogens with zero attached hydrogens (tertiary/aromatic N) is 3. The Balaban J connectivity index is 0.00000289. The molecule has 0 spiro atoms. The van der Waals surface area contributed by atoms with Crippen molar-refractivity contribution >= 4 is 29.9 Å². The normalized spacial score (nSPS) is 14.6. The van der Waals surface area contributed by atoms with Gasteiger partial charge in [-0.2, -0.15) is 0 Å². The van der Waals surface area contributed by atoms with E-state index in [0.29, 0.717) is 13.1 Å².